The molecule has 3 aromatic carbocycles. The number of hydrogen-bond donors (Lipinski definition) is 4. The summed E-state index contributed by atoms with van der Waals surface area (Å²) in [5.74, 6) is 0.643. The van der Waals surface area contributed by atoms with Crippen LogP contribution in [0.4, 0.5) is 27.9 Å². The highest BCUT2D eigenvalue weighted by atomic mass is 35.5. The van der Waals surface area contributed by atoms with E-state index in [4.69, 9.17) is 27.9 Å². The largest absolute Gasteiger partial charge is 0.448 e. The van der Waals surface area contributed by atoms with E-state index in [9.17, 15) is 22.5 Å². The second-order valence-electron chi connectivity index (χ2n) is 9.66. The van der Waals surface area contributed by atoms with Crippen LogP contribution in [-0.2, 0) is 24.5 Å². The molecule has 45 heavy (non-hydrogen) atoms. The molecule has 0 radical (unpaired) electrons. The lowest BCUT2D eigenvalue weighted by molar-refractivity contribution is 0.164. The molecule has 4 N–H and O–H groups in total. The van der Waals surface area contributed by atoms with Crippen molar-refractivity contribution in [2.45, 2.75) is 29.7 Å². The van der Waals surface area contributed by atoms with Crippen molar-refractivity contribution in [3.63, 3.8) is 0 Å². The number of carbonyl (C=O) groups is 1. The fraction of sp³-hybridized carbons (Fsp3) is 0.207. The first kappa shape index (κ1) is 33.9. The summed E-state index contributed by atoms with van der Waals surface area (Å²) in [4.78, 5) is 20.9. The Labute approximate surface area is 271 Å². The smallest absolute Gasteiger partial charge is 0.442 e. The number of rotatable bonds is 11. The number of halogens is 2. The number of aromatic nitrogens is 2. The maximum Gasteiger partial charge on any atom is 0.442 e. The van der Waals surface area contributed by atoms with Gasteiger partial charge in [0, 0.05) is 40.3 Å². The average Bonchev–Trinajstić information content (AvgIpc) is 2.99. The lowest BCUT2D eigenvalue weighted by atomic mass is 10.1. The van der Waals surface area contributed by atoms with E-state index in [1.54, 1.807) is 68.6 Å². The number of carbonyl (C=O) groups excluding carboxylic acids is 1. The average molecular weight is 694 g/mol. The summed E-state index contributed by atoms with van der Waals surface area (Å²) in [6, 6.07) is 17.0. The van der Waals surface area contributed by atoms with Crippen LogP contribution in [0.2, 0.25) is 10.0 Å². The third kappa shape index (κ3) is 8.61. The Bertz CT molecular complexity index is 1920. The van der Waals surface area contributed by atoms with Crippen molar-refractivity contribution in [2.24, 2.45) is 4.36 Å². The number of aliphatic hydroxyl groups is 1. The minimum absolute atomic E-state index is 0.0756. The van der Waals surface area contributed by atoms with Gasteiger partial charge in [0.1, 0.15) is 10.7 Å². The highest BCUT2D eigenvalue weighted by Crippen LogP contribution is 2.32. The first-order valence-corrected chi connectivity index (χ1v) is 17.6. The van der Waals surface area contributed by atoms with E-state index in [1.165, 1.54) is 24.5 Å². The Morgan fingerprint density at radius 1 is 1.02 bits per heavy atom. The van der Waals surface area contributed by atoms with Gasteiger partial charge in [-0.2, -0.15) is 4.98 Å². The first-order valence-electron chi connectivity index (χ1n) is 13.4. The molecule has 0 spiro atoms. The van der Waals surface area contributed by atoms with Crippen LogP contribution in [0, 0.1) is 0 Å². The normalized spacial score (nSPS) is 13.3. The van der Waals surface area contributed by atoms with Crippen LogP contribution < -0.4 is 15.4 Å². The number of aliphatic hydroxyl groups excluding tert-OH is 1. The molecule has 0 aliphatic carbocycles. The monoisotopic (exact) mass is 692 g/mol. The van der Waals surface area contributed by atoms with E-state index < -0.39 is 25.8 Å². The summed E-state index contributed by atoms with van der Waals surface area (Å²) in [6.45, 7) is 3.38. The van der Waals surface area contributed by atoms with Crippen molar-refractivity contribution in [3.05, 3.63) is 83.0 Å². The summed E-state index contributed by atoms with van der Waals surface area (Å²) in [6.07, 6.45) is 2.04. The maximum atomic E-state index is 12.9. The third-order valence-electron chi connectivity index (χ3n) is 6.16. The van der Waals surface area contributed by atoms with Crippen LogP contribution in [-0.4, -0.2) is 59.3 Å². The van der Waals surface area contributed by atoms with E-state index in [0.717, 1.165) is 0 Å². The number of anilines is 4. The van der Waals surface area contributed by atoms with Gasteiger partial charge in [-0.25, -0.2) is 22.4 Å². The van der Waals surface area contributed by atoms with Gasteiger partial charge < -0.3 is 20.5 Å². The van der Waals surface area contributed by atoms with E-state index >= 15 is 0 Å². The molecule has 238 valence electrons. The summed E-state index contributed by atoms with van der Waals surface area (Å²) in [5.41, 5.74) is 2.14. The summed E-state index contributed by atoms with van der Waals surface area (Å²) >= 11 is 12.1. The van der Waals surface area contributed by atoms with Gasteiger partial charge in [0.25, 0.3) is 10.0 Å². The molecule has 1 heterocycles. The molecule has 4 rings (SSSR count). The van der Waals surface area contributed by atoms with E-state index in [2.05, 4.69) is 29.7 Å². The molecule has 16 heteroatoms. The molecule has 0 aliphatic heterocycles. The lowest BCUT2D eigenvalue weighted by Gasteiger charge is -2.17. The van der Waals surface area contributed by atoms with Gasteiger partial charge in [-0.15, -0.1) is 4.36 Å². The van der Waals surface area contributed by atoms with Gasteiger partial charge in [0.2, 0.25) is 5.95 Å². The lowest BCUT2D eigenvalue weighted by Crippen LogP contribution is -2.21. The third-order valence-corrected chi connectivity index (χ3v) is 10.2. The van der Waals surface area contributed by atoms with Gasteiger partial charge in [0.15, 0.2) is 0 Å². The zero-order valence-electron chi connectivity index (χ0n) is 24.3. The van der Waals surface area contributed by atoms with Crippen LogP contribution in [0.15, 0.2) is 87.1 Å². The van der Waals surface area contributed by atoms with E-state index in [-0.39, 0.29) is 40.1 Å². The van der Waals surface area contributed by atoms with Gasteiger partial charge in [-0.3, -0.25) is 4.72 Å². The number of nitrogens with one attached hydrogen (secondary N) is 3. The van der Waals surface area contributed by atoms with Crippen LogP contribution in [0.3, 0.4) is 0 Å². The molecule has 1 unspecified atom stereocenters. The quantitative estimate of drug-likeness (QED) is 0.138. The van der Waals surface area contributed by atoms with Crippen LogP contribution in [0.25, 0.3) is 11.1 Å². The molecule has 12 nitrogen and oxygen atoms in total. The molecular formula is C29H30Cl2N6O6S2. The number of hydrogen-bond acceptors (Lipinski definition) is 10. The Morgan fingerprint density at radius 3 is 2.33 bits per heavy atom. The standard InChI is InChI=1S/C29H30Cl2N6O6S2/c1-4-43-29(39)37-44(3,40)22-14-12-20(13-15-22)34-28-32-16-23(27(35-28)33-18(2)17-38)19-8-10-21(11-9-19)36-45(41,42)25-7-5-6-24(30)26(25)31/h5-16,18,36,38H,4,17H2,1-3H3,(H2,32,33,34,35)/t18-,44?/m1/s1. The summed E-state index contributed by atoms with van der Waals surface area (Å²) < 4.78 is 49.6. The zero-order chi connectivity index (χ0) is 32.8. The van der Waals surface area contributed by atoms with Crippen molar-refractivity contribution >= 4 is 72.2 Å². The van der Waals surface area contributed by atoms with Gasteiger partial charge >= 0.3 is 6.09 Å². The molecule has 0 saturated carbocycles. The van der Waals surface area contributed by atoms with Crippen molar-refractivity contribution in [3.8, 4) is 11.1 Å². The Morgan fingerprint density at radius 2 is 1.69 bits per heavy atom. The van der Waals surface area contributed by atoms with Crippen LogP contribution in [0.5, 0.6) is 0 Å². The number of sulfonamides is 1. The van der Waals surface area contributed by atoms with Crippen molar-refractivity contribution in [1.82, 2.24) is 9.97 Å². The SMILES string of the molecule is CCOC(=O)N=S(C)(=O)c1ccc(Nc2ncc(-c3ccc(NS(=O)(=O)c4cccc(Cl)c4Cl)cc3)c(N[C@H](C)CO)n2)cc1. The van der Waals surface area contributed by atoms with Crippen molar-refractivity contribution in [1.29, 1.82) is 0 Å². The van der Waals surface area contributed by atoms with Crippen molar-refractivity contribution < 1.29 is 27.3 Å². The second kappa shape index (κ2) is 14.4. The number of benzene rings is 3. The number of nitrogens with zero attached hydrogens (tertiary/aromatic N) is 3. The minimum atomic E-state index is -4.01. The molecule has 2 atom stereocenters. The van der Waals surface area contributed by atoms with Crippen molar-refractivity contribution in [2.75, 3.05) is 34.8 Å². The van der Waals surface area contributed by atoms with E-state index in [0.29, 0.717) is 33.2 Å². The molecular weight excluding hydrogens is 663 g/mol. The Balaban J connectivity index is 1.57. The highest BCUT2D eigenvalue weighted by Gasteiger charge is 2.20. The summed E-state index contributed by atoms with van der Waals surface area (Å²) in [7, 11) is -7.01. The predicted molar refractivity (Wildman–Crippen MR) is 176 cm³/mol. The number of ether oxygens (including phenoxy) is 1. The Kier molecular flexibility index (Phi) is 10.9. The molecule has 0 bridgehead atoms. The summed E-state index contributed by atoms with van der Waals surface area (Å²) in [5, 5.41) is 15.9. The maximum absolute atomic E-state index is 12.9. The van der Waals surface area contributed by atoms with E-state index in [1.807, 2.05) is 0 Å². The minimum Gasteiger partial charge on any atom is -0.448 e. The molecule has 4 aromatic rings. The number of amides is 1. The van der Waals surface area contributed by atoms with Crippen LogP contribution in [0.1, 0.15) is 13.8 Å². The predicted octanol–water partition coefficient (Wildman–Crippen LogP) is 6.40. The molecule has 0 saturated heterocycles. The molecule has 0 fully saturated rings. The fourth-order valence-electron chi connectivity index (χ4n) is 3.93. The topological polar surface area (TPSA) is 172 Å². The van der Waals surface area contributed by atoms with Gasteiger partial charge in [-0.05, 0) is 67.9 Å². The van der Waals surface area contributed by atoms with Crippen LogP contribution >= 0.6 is 23.2 Å². The molecule has 0 aliphatic rings. The first-order chi connectivity index (χ1) is 21.3. The fourth-order valence-corrected chi connectivity index (χ4v) is 6.83. The molecule has 1 amide bonds. The van der Waals surface area contributed by atoms with Gasteiger partial charge in [0.05, 0.1) is 33.0 Å². The highest BCUT2D eigenvalue weighted by molar-refractivity contribution is 7.93. The molecule has 1 aromatic heterocycles. The Hall–Kier alpha value is -3.95. The van der Waals surface area contributed by atoms with Gasteiger partial charge in [-0.1, -0.05) is 41.4 Å². The zero-order valence-corrected chi connectivity index (χ0v) is 27.5. The second-order valence-corrected chi connectivity index (χ2v) is 14.4.